The van der Waals surface area contributed by atoms with Crippen LogP contribution in [0.25, 0.3) is 0 Å². The molecule has 3 aliphatic rings. The fourth-order valence-electron chi connectivity index (χ4n) is 3.88. The molecule has 5 nitrogen and oxygen atoms in total. The van der Waals surface area contributed by atoms with E-state index >= 15 is 0 Å². The third kappa shape index (κ3) is 2.45. The first kappa shape index (κ1) is 16.4. The summed E-state index contributed by atoms with van der Waals surface area (Å²) >= 11 is 0. The van der Waals surface area contributed by atoms with Gasteiger partial charge in [0.1, 0.15) is 23.9 Å². The maximum Gasteiger partial charge on any atom is 0.157 e. The van der Waals surface area contributed by atoms with Crippen molar-refractivity contribution in [3.63, 3.8) is 0 Å². The van der Waals surface area contributed by atoms with Gasteiger partial charge in [0.15, 0.2) is 11.6 Å². The minimum absolute atomic E-state index is 0.137. The number of hydrogen-bond donors (Lipinski definition) is 1. The summed E-state index contributed by atoms with van der Waals surface area (Å²) in [6, 6.07) is 15.8. The number of ether oxygens (including phenoxy) is 3. The molecule has 27 heavy (non-hydrogen) atoms. The Morgan fingerprint density at radius 2 is 1.67 bits per heavy atom. The van der Waals surface area contributed by atoms with E-state index in [4.69, 9.17) is 24.9 Å². The van der Waals surface area contributed by atoms with Crippen molar-refractivity contribution in [2.24, 2.45) is 16.1 Å². The molecule has 5 rings (SSSR count). The van der Waals surface area contributed by atoms with Crippen LogP contribution in [0.5, 0.6) is 11.5 Å². The molecular formula is C22H20N2O3. The molecule has 0 radical (unpaired) electrons. The first-order valence-electron chi connectivity index (χ1n) is 9.04. The molecule has 1 saturated heterocycles. The van der Waals surface area contributed by atoms with Gasteiger partial charge < -0.3 is 19.9 Å². The van der Waals surface area contributed by atoms with E-state index in [0.29, 0.717) is 19.0 Å². The molecule has 136 valence electrons. The number of para-hydroxylation sites is 2. The normalized spacial score (nSPS) is 23.6. The van der Waals surface area contributed by atoms with E-state index in [1.54, 1.807) is 0 Å². The summed E-state index contributed by atoms with van der Waals surface area (Å²) in [6.07, 6.45) is -0.464. The molecule has 1 unspecified atom stereocenters. The zero-order valence-corrected chi connectivity index (χ0v) is 15.1. The number of amidine groups is 1. The lowest BCUT2D eigenvalue weighted by atomic mass is 9.75. The summed E-state index contributed by atoms with van der Waals surface area (Å²) in [7, 11) is 0. The number of nitrogens with zero attached hydrogens (tertiary/aromatic N) is 1. The molecule has 2 N–H and O–H groups in total. The predicted octanol–water partition coefficient (Wildman–Crippen LogP) is 2.83. The third-order valence-electron chi connectivity index (χ3n) is 5.26. The van der Waals surface area contributed by atoms with Gasteiger partial charge in [0.2, 0.25) is 0 Å². The Hall–Kier alpha value is -2.81. The molecule has 0 saturated carbocycles. The van der Waals surface area contributed by atoms with Crippen LogP contribution in [0.4, 0.5) is 0 Å². The molecule has 0 bridgehead atoms. The van der Waals surface area contributed by atoms with Crippen molar-refractivity contribution >= 4 is 5.84 Å². The Bertz CT molecular complexity index is 952. The summed E-state index contributed by atoms with van der Waals surface area (Å²) in [5.74, 6) is 8.68. The molecule has 1 spiro atoms. The third-order valence-corrected chi connectivity index (χ3v) is 5.26. The first-order chi connectivity index (χ1) is 13.1. The Kier molecular flexibility index (Phi) is 3.55. The van der Waals surface area contributed by atoms with Crippen molar-refractivity contribution in [2.75, 3.05) is 19.8 Å². The van der Waals surface area contributed by atoms with E-state index < -0.39 is 11.6 Å². The van der Waals surface area contributed by atoms with E-state index in [-0.39, 0.29) is 12.0 Å². The zero-order chi connectivity index (χ0) is 18.5. The van der Waals surface area contributed by atoms with E-state index in [1.807, 2.05) is 48.5 Å². The van der Waals surface area contributed by atoms with Crippen molar-refractivity contribution in [3.05, 3.63) is 59.7 Å². The summed E-state index contributed by atoms with van der Waals surface area (Å²) in [5.41, 5.74) is 7.00. The van der Waals surface area contributed by atoms with Gasteiger partial charge in [-0.1, -0.05) is 48.2 Å². The van der Waals surface area contributed by atoms with Gasteiger partial charge in [0.25, 0.3) is 0 Å². The van der Waals surface area contributed by atoms with E-state index in [1.165, 1.54) is 0 Å². The van der Waals surface area contributed by atoms with Crippen LogP contribution in [0.1, 0.15) is 18.1 Å². The van der Waals surface area contributed by atoms with E-state index in [9.17, 15) is 0 Å². The van der Waals surface area contributed by atoms with Gasteiger partial charge in [-0.15, -0.1) is 0 Å². The Labute approximate surface area is 158 Å². The zero-order valence-electron chi connectivity index (χ0n) is 15.1. The number of nitrogens with two attached hydrogens (primary N) is 1. The van der Waals surface area contributed by atoms with Crippen molar-refractivity contribution < 1.29 is 14.2 Å². The monoisotopic (exact) mass is 360 g/mol. The highest BCUT2D eigenvalue weighted by atomic mass is 16.5. The van der Waals surface area contributed by atoms with E-state index in [0.717, 1.165) is 22.6 Å². The molecule has 0 amide bonds. The second-order valence-corrected chi connectivity index (χ2v) is 7.48. The predicted molar refractivity (Wildman–Crippen MR) is 102 cm³/mol. The van der Waals surface area contributed by atoms with Crippen molar-refractivity contribution in [2.45, 2.75) is 18.6 Å². The fourth-order valence-corrected chi connectivity index (χ4v) is 3.88. The van der Waals surface area contributed by atoms with Gasteiger partial charge in [-0.25, -0.2) is 0 Å². The van der Waals surface area contributed by atoms with E-state index in [2.05, 4.69) is 18.8 Å². The number of benzene rings is 2. The number of fused-ring (bicyclic) bond motifs is 4. The molecule has 0 aliphatic carbocycles. The maximum absolute atomic E-state index is 6.15. The lowest BCUT2D eigenvalue weighted by Crippen LogP contribution is -2.49. The highest BCUT2D eigenvalue weighted by molar-refractivity contribution is 5.84. The van der Waals surface area contributed by atoms with Crippen LogP contribution in [0.3, 0.4) is 0 Å². The number of hydrogen-bond acceptors (Lipinski definition) is 5. The standard InChI is InChI=1S/C22H20N2O3/c1-21(13-25-14-21)11-10-19-22(24-20(23)12-26-19)15-6-2-4-8-17(15)27-18-9-5-3-7-16(18)22/h2-9,19H,12-14H2,1H3,(H2,23,24). The van der Waals surface area contributed by atoms with Crippen LogP contribution in [-0.2, 0) is 15.0 Å². The van der Waals surface area contributed by atoms with Crippen LogP contribution >= 0.6 is 0 Å². The van der Waals surface area contributed by atoms with Gasteiger partial charge in [0.05, 0.1) is 18.6 Å². The summed E-state index contributed by atoms with van der Waals surface area (Å²) in [4.78, 5) is 4.94. The van der Waals surface area contributed by atoms with Gasteiger partial charge >= 0.3 is 0 Å². The topological polar surface area (TPSA) is 66.1 Å². The van der Waals surface area contributed by atoms with Crippen molar-refractivity contribution in [1.29, 1.82) is 0 Å². The largest absolute Gasteiger partial charge is 0.457 e. The Morgan fingerprint density at radius 1 is 1.04 bits per heavy atom. The number of rotatable bonds is 0. The molecule has 1 atom stereocenters. The quantitative estimate of drug-likeness (QED) is 0.734. The van der Waals surface area contributed by atoms with Crippen molar-refractivity contribution in [3.8, 4) is 23.3 Å². The van der Waals surface area contributed by atoms with Gasteiger partial charge in [-0.05, 0) is 19.1 Å². The lowest BCUT2D eigenvalue weighted by molar-refractivity contribution is -0.0651. The van der Waals surface area contributed by atoms with Gasteiger partial charge in [0, 0.05) is 11.1 Å². The molecule has 1 fully saturated rings. The molecule has 0 aromatic heterocycles. The average Bonchev–Trinajstić information content (AvgIpc) is 2.66. The van der Waals surface area contributed by atoms with Gasteiger partial charge in [-0.3, -0.25) is 4.99 Å². The fraction of sp³-hybridized carbons (Fsp3) is 0.318. The summed E-state index contributed by atoms with van der Waals surface area (Å²) in [5, 5.41) is 0. The lowest BCUT2D eigenvalue weighted by Gasteiger charge is -2.43. The highest BCUT2D eigenvalue weighted by Crippen LogP contribution is 2.52. The van der Waals surface area contributed by atoms with Crippen LogP contribution in [0.15, 0.2) is 53.5 Å². The molecule has 2 aromatic rings. The number of aliphatic imine (C=N–C) groups is 1. The second-order valence-electron chi connectivity index (χ2n) is 7.48. The summed E-state index contributed by atoms with van der Waals surface area (Å²) < 4.78 is 17.6. The average molecular weight is 360 g/mol. The molecule has 5 heteroatoms. The molecule has 3 heterocycles. The smallest absolute Gasteiger partial charge is 0.157 e. The molecule has 3 aliphatic heterocycles. The molecular weight excluding hydrogens is 340 g/mol. The van der Waals surface area contributed by atoms with Gasteiger partial charge in [-0.2, -0.15) is 0 Å². The SMILES string of the molecule is CC1(C#CC2OCC(N)=NC23c2ccccc2Oc2ccccc23)COC1. The van der Waals surface area contributed by atoms with Crippen molar-refractivity contribution in [1.82, 2.24) is 0 Å². The first-order valence-corrected chi connectivity index (χ1v) is 9.04. The van der Waals surface area contributed by atoms with Crippen LogP contribution < -0.4 is 10.5 Å². The maximum atomic E-state index is 6.15. The highest BCUT2D eigenvalue weighted by Gasteiger charge is 2.50. The van der Waals surface area contributed by atoms with Crippen LogP contribution in [0.2, 0.25) is 0 Å². The van der Waals surface area contributed by atoms with Crippen LogP contribution in [0, 0.1) is 17.3 Å². The minimum atomic E-state index is -0.846. The van der Waals surface area contributed by atoms with Crippen LogP contribution in [-0.4, -0.2) is 31.8 Å². The minimum Gasteiger partial charge on any atom is -0.457 e. The summed E-state index contributed by atoms with van der Waals surface area (Å²) in [6.45, 7) is 3.64. The molecule has 2 aromatic carbocycles. The second kappa shape index (κ2) is 5.85. The Balaban J connectivity index is 1.75. The Morgan fingerprint density at radius 3 is 2.26 bits per heavy atom.